The predicted molar refractivity (Wildman–Crippen MR) is 70.6 cm³/mol. The van der Waals surface area contributed by atoms with Crippen molar-refractivity contribution in [1.29, 1.82) is 0 Å². The zero-order chi connectivity index (χ0) is 12.9. The maximum atomic E-state index is 14.0. The number of piperidine rings is 1. The summed E-state index contributed by atoms with van der Waals surface area (Å²) in [6.45, 7) is 0. The van der Waals surface area contributed by atoms with Crippen molar-refractivity contribution in [3.63, 3.8) is 0 Å². The average Bonchev–Trinajstić information content (AvgIpc) is 2.53. The number of anilines is 1. The molecule has 0 saturated carbocycles. The highest BCUT2D eigenvalue weighted by Crippen LogP contribution is 2.43. The van der Waals surface area contributed by atoms with E-state index < -0.39 is 11.6 Å². The molecule has 2 unspecified atom stereocenters. The maximum absolute atomic E-state index is 14.0. The molecule has 2 bridgehead atoms. The lowest BCUT2D eigenvalue weighted by molar-refractivity contribution is 0.408. The Kier molecular flexibility index (Phi) is 3.06. The second-order valence-corrected chi connectivity index (χ2v) is 6.10. The minimum Gasteiger partial charge on any atom is -0.362 e. The lowest BCUT2D eigenvalue weighted by Crippen LogP contribution is -2.48. The van der Waals surface area contributed by atoms with Crippen LogP contribution in [0, 0.1) is 11.6 Å². The second kappa shape index (κ2) is 4.46. The highest BCUT2D eigenvalue weighted by Gasteiger charge is 2.41. The Labute approximate surface area is 113 Å². The maximum Gasteiger partial charge on any atom is 0.150 e. The van der Waals surface area contributed by atoms with Crippen LogP contribution in [0.4, 0.5) is 14.5 Å². The summed E-state index contributed by atoms with van der Waals surface area (Å²) >= 11 is 3.28. The third kappa shape index (κ3) is 1.93. The Morgan fingerprint density at radius 2 is 1.78 bits per heavy atom. The molecule has 0 aromatic heterocycles. The molecule has 3 rings (SSSR count). The lowest BCUT2D eigenvalue weighted by Gasteiger charge is -2.40. The summed E-state index contributed by atoms with van der Waals surface area (Å²) < 4.78 is 27.7. The Morgan fingerprint density at radius 3 is 2.33 bits per heavy atom. The first-order chi connectivity index (χ1) is 8.56. The molecule has 2 atom stereocenters. The Morgan fingerprint density at radius 1 is 1.17 bits per heavy atom. The van der Waals surface area contributed by atoms with Crippen molar-refractivity contribution in [2.45, 2.75) is 43.8 Å². The summed E-state index contributed by atoms with van der Waals surface area (Å²) in [6, 6.07) is 3.06. The molecule has 0 amide bonds. The molecule has 0 radical (unpaired) electrons. The largest absolute Gasteiger partial charge is 0.362 e. The normalized spacial score (nSPS) is 30.9. The molecule has 2 aliphatic rings. The highest BCUT2D eigenvalue weighted by molar-refractivity contribution is 9.10. The van der Waals surface area contributed by atoms with E-state index in [0.717, 1.165) is 31.7 Å². The van der Waals surface area contributed by atoms with Crippen LogP contribution in [0.25, 0.3) is 0 Å². The van der Waals surface area contributed by atoms with Gasteiger partial charge in [-0.3, -0.25) is 0 Å². The summed E-state index contributed by atoms with van der Waals surface area (Å²) in [5, 5.41) is 0. The van der Waals surface area contributed by atoms with E-state index in [1.54, 1.807) is 0 Å². The van der Waals surface area contributed by atoms with E-state index in [0.29, 0.717) is 10.2 Å². The number of benzene rings is 1. The van der Waals surface area contributed by atoms with Crippen molar-refractivity contribution in [3.8, 4) is 0 Å². The topological polar surface area (TPSA) is 29.3 Å². The van der Waals surface area contributed by atoms with Crippen molar-refractivity contribution < 1.29 is 8.78 Å². The van der Waals surface area contributed by atoms with Gasteiger partial charge in [0.25, 0.3) is 0 Å². The van der Waals surface area contributed by atoms with E-state index in [9.17, 15) is 8.78 Å². The van der Waals surface area contributed by atoms with Crippen LogP contribution in [0.5, 0.6) is 0 Å². The van der Waals surface area contributed by atoms with Gasteiger partial charge in [0.05, 0.1) is 5.69 Å². The third-order valence-electron chi connectivity index (χ3n) is 4.01. The number of rotatable bonds is 1. The van der Waals surface area contributed by atoms with Crippen LogP contribution in [-0.4, -0.2) is 18.1 Å². The quantitative estimate of drug-likeness (QED) is 0.862. The fourth-order valence-electron chi connectivity index (χ4n) is 3.37. The standard InChI is InChI=1S/C13H15BrF2N2/c14-11-3-7(15)4-12(16)13(11)18-9-1-2-10(18)6-8(17)5-9/h3-4,8-10H,1-2,5-6,17H2. The van der Waals surface area contributed by atoms with Gasteiger partial charge in [-0.25, -0.2) is 8.78 Å². The fourth-order valence-corrected chi connectivity index (χ4v) is 3.98. The van der Waals surface area contributed by atoms with Crippen LogP contribution in [0.1, 0.15) is 25.7 Å². The van der Waals surface area contributed by atoms with Gasteiger partial charge in [-0.05, 0) is 47.7 Å². The van der Waals surface area contributed by atoms with Crippen molar-refractivity contribution in [2.24, 2.45) is 5.73 Å². The number of halogens is 3. The minimum atomic E-state index is -0.552. The molecule has 2 fully saturated rings. The van der Waals surface area contributed by atoms with Crippen molar-refractivity contribution in [1.82, 2.24) is 0 Å². The average molecular weight is 317 g/mol. The summed E-state index contributed by atoms with van der Waals surface area (Å²) in [5.74, 6) is -1.04. The first-order valence-corrected chi connectivity index (χ1v) is 7.04. The molecular weight excluding hydrogens is 302 g/mol. The Bertz CT molecular complexity index is 443. The molecular formula is C13H15BrF2N2. The number of fused-ring (bicyclic) bond motifs is 2. The number of nitrogens with two attached hydrogens (primary N) is 1. The van der Waals surface area contributed by atoms with Crippen LogP contribution in [0.2, 0.25) is 0 Å². The van der Waals surface area contributed by atoms with Crippen LogP contribution >= 0.6 is 15.9 Å². The number of hydrogen-bond donors (Lipinski definition) is 1. The van der Waals surface area contributed by atoms with E-state index in [1.807, 2.05) is 0 Å². The summed E-state index contributed by atoms with van der Waals surface area (Å²) in [7, 11) is 0. The Hall–Kier alpha value is -0.680. The van der Waals surface area contributed by atoms with Gasteiger partial charge < -0.3 is 10.6 Å². The molecule has 2 heterocycles. The van der Waals surface area contributed by atoms with Gasteiger partial charge >= 0.3 is 0 Å². The van der Waals surface area contributed by atoms with Crippen molar-refractivity contribution >= 4 is 21.6 Å². The van der Waals surface area contributed by atoms with E-state index in [1.165, 1.54) is 6.07 Å². The molecule has 2 nitrogen and oxygen atoms in total. The van der Waals surface area contributed by atoms with E-state index in [-0.39, 0.29) is 18.1 Å². The molecule has 98 valence electrons. The van der Waals surface area contributed by atoms with Gasteiger partial charge in [-0.15, -0.1) is 0 Å². The second-order valence-electron chi connectivity index (χ2n) is 5.24. The molecule has 2 N–H and O–H groups in total. The minimum absolute atomic E-state index is 0.209. The smallest absolute Gasteiger partial charge is 0.150 e. The van der Waals surface area contributed by atoms with Crippen LogP contribution in [-0.2, 0) is 0 Å². The van der Waals surface area contributed by atoms with Gasteiger partial charge in [0.1, 0.15) is 5.82 Å². The first kappa shape index (κ1) is 12.4. The SMILES string of the molecule is NC1CC2CCC(C1)N2c1c(F)cc(F)cc1Br. The predicted octanol–water partition coefficient (Wildman–Crippen LogP) is 3.19. The molecule has 0 aliphatic carbocycles. The molecule has 18 heavy (non-hydrogen) atoms. The zero-order valence-electron chi connectivity index (χ0n) is 9.87. The Balaban J connectivity index is 2.01. The molecule has 2 aliphatic heterocycles. The third-order valence-corrected chi connectivity index (χ3v) is 4.61. The molecule has 1 aromatic rings. The number of nitrogens with zero attached hydrogens (tertiary/aromatic N) is 1. The fraction of sp³-hybridized carbons (Fsp3) is 0.538. The lowest BCUT2D eigenvalue weighted by atomic mass is 9.97. The summed E-state index contributed by atoms with van der Waals surface area (Å²) in [5.41, 5.74) is 6.50. The van der Waals surface area contributed by atoms with Gasteiger partial charge in [-0.2, -0.15) is 0 Å². The monoisotopic (exact) mass is 316 g/mol. The molecule has 5 heteroatoms. The van der Waals surface area contributed by atoms with E-state index >= 15 is 0 Å². The molecule has 2 saturated heterocycles. The van der Waals surface area contributed by atoms with Gasteiger partial charge in [-0.1, -0.05) is 0 Å². The highest BCUT2D eigenvalue weighted by atomic mass is 79.9. The van der Waals surface area contributed by atoms with E-state index in [2.05, 4.69) is 20.8 Å². The summed E-state index contributed by atoms with van der Waals surface area (Å²) in [4.78, 5) is 2.10. The van der Waals surface area contributed by atoms with Gasteiger partial charge in [0.15, 0.2) is 5.82 Å². The van der Waals surface area contributed by atoms with Crippen molar-refractivity contribution in [2.75, 3.05) is 4.90 Å². The molecule has 1 aromatic carbocycles. The zero-order valence-corrected chi connectivity index (χ0v) is 11.5. The van der Waals surface area contributed by atoms with Crippen LogP contribution in [0.15, 0.2) is 16.6 Å². The van der Waals surface area contributed by atoms with Crippen LogP contribution < -0.4 is 10.6 Å². The van der Waals surface area contributed by atoms with Crippen LogP contribution in [0.3, 0.4) is 0 Å². The van der Waals surface area contributed by atoms with E-state index in [4.69, 9.17) is 5.73 Å². The van der Waals surface area contributed by atoms with Gasteiger partial charge in [0.2, 0.25) is 0 Å². The van der Waals surface area contributed by atoms with Gasteiger partial charge in [0, 0.05) is 28.7 Å². The van der Waals surface area contributed by atoms with Crippen molar-refractivity contribution in [3.05, 3.63) is 28.2 Å². The molecule has 0 spiro atoms. The first-order valence-electron chi connectivity index (χ1n) is 6.24. The number of hydrogen-bond acceptors (Lipinski definition) is 2. The summed E-state index contributed by atoms with van der Waals surface area (Å²) in [6.07, 6.45) is 3.86.